The predicted molar refractivity (Wildman–Crippen MR) is 131 cm³/mol. The number of rotatable bonds is 4. The lowest BCUT2D eigenvalue weighted by molar-refractivity contribution is -0.384. The van der Waals surface area contributed by atoms with E-state index in [1.807, 2.05) is 45.0 Å². The van der Waals surface area contributed by atoms with Crippen LogP contribution in [0.5, 0.6) is 0 Å². The maximum atomic E-state index is 12.7. The summed E-state index contributed by atoms with van der Waals surface area (Å²) in [6.07, 6.45) is 3.17. The van der Waals surface area contributed by atoms with Crippen LogP contribution in [0.15, 0.2) is 59.1 Å². The molecule has 0 radical (unpaired) electrons. The van der Waals surface area contributed by atoms with Crippen LogP contribution in [0.3, 0.4) is 0 Å². The summed E-state index contributed by atoms with van der Waals surface area (Å²) >= 11 is 0. The van der Waals surface area contributed by atoms with E-state index < -0.39 is 10.5 Å². The van der Waals surface area contributed by atoms with Crippen molar-refractivity contribution in [1.82, 2.24) is 14.9 Å². The van der Waals surface area contributed by atoms with Gasteiger partial charge in [0.1, 0.15) is 22.8 Å². The van der Waals surface area contributed by atoms with Crippen molar-refractivity contribution >= 4 is 22.7 Å². The summed E-state index contributed by atoms with van der Waals surface area (Å²) in [4.78, 5) is 32.8. The molecule has 1 aliphatic heterocycles. The first-order valence-electron chi connectivity index (χ1n) is 11.5. The van der Waals surface area contributed by atoms with E-state index in [9.17, 15) is 14.9 Å². The van der Waals surface area contributed by atoms with Gasteiger partial charge in [0.25, 0.3) is 5.69 Å². The third kappa shape index (κ3) is 4.62. The smallest absolute Gasteiger partial charge is 0.410 e. The Morgan fingerprint density at radius 1 is 1.17 bits per heavy atom. The molecule has 4 aromatic rings. The van der Waals surface area contributed by atoms with Gasteiger partial charge in [-0.3, -0.25) is 15.0 Å². The van der Waals surface area contributed by atoms with E-state index in [-0.39, 0.29) is 17.8 Å². The third-order valence-electron chi connectivity index (χ3n) is 5.98. The Labute approximate surface area is 201 Å². The highest BCUT2D eigenvalue weighted by Crippen LogP contribution is 2.34. The number of aromatic amines is 1. The van der Waals surface area contributed by atoms with Gasteiger partial charge in [-0.15, -0.1) is 0 Å². The monoisotopic (exact) mass is 474 g/mol. The Morgan fingerprint density at radius 2 is 1.91 bits per heavy atom. The average Bonchev–Trinajstić information content (AvgIpc) is 3.56. The van der Waals surface area contributed by atoms with Crippen LogP contribution in [-0.2, 0) is 4.74 Å². The lowest BCUT2D eigenvalue weighted by Gasteiger charge is -2.27. The number of ether oxygens (including phenoxy) is 1. The number of carbonyl (C=O) groups excluding carboxylic acids is 1. The van der Waals surface area contributed by atoms with Gasteiger partial charge in [0.2, 0.25) is 0 Å². The summed E-state index contributed by atoms with van der Waals surface area (Å²) in [6.45, 7) is 6.22. The predicted octanol–water partition coefficient (Wildman–Crippen LogP) is 6.47. The number of benzene rings is 2. The van der Waals surface area contributed by atoms with E-state index in [0.29, 0.717) is 17.9 Å². The van der Waals surface area contributed by atoms with Crippen LogP contribution in [0.2, 0.25) is 0 Å². The number of fused-ring (bicyclic) bond motifs is 1. The molecule has 9 nitrogen and oxygen atoms in total. The van der Waals surface area contributed by atoms with Gasteiger partial charge >= 0.3 is 6.09 Å². The van der Waals surface area contributed by atoms with E-state index in [0.717, 1.165) is 40.9 Å². The maximum Gasteiger partial charge on any atom is 0.410 e. The number of non-ortho nitro benzene ring substituents is 1. The van der Waals surface area contributed by atoms with Crippen molar-refractivity contribution in [1.29, 1.82) is 0 Å². The molecule has 0 bridgehead atoms. The van der Waals surface area contributed by atoms with Crippen molar-refractivity contribution in [2.75, 3.05) is 6.54 Å². The zero-order valence-corrected chi connectivity index (χ0v) is 19.8. The molecule has 1 fully saturated rings. The van der Waals surface area contributed by atoms with Crippen molar-refractivity contribution in [2.45, 2.75) is 45.3 Å². The maximum absolute atomic E-state index is 12.7. The Bertz CT molecular complexity index is 1400. The standard InChI is InChI=1S/C26H26N4O5/c1-26(2,3)35-25(31)29-12-4-5-21(29)24-27-15-20(28-24)17-8-11-22-18(13-17)14-23(34-22)16-6-9-19(10-7-16)30(32)33/h6-11,13-15,21H,4-5,12H2,1-3H3,(H,27,28)/t21-/m0/s1. The second kappa shape index (κ2) is 8.57. The number of hydrogen-bond acceptors (Lipinski definition) is 6. The number of nitrogens with one attached hydrogen (secondary N) is 1. The van der Waals surface area contributed by atoms with E-state index in [2.05, 4.69) is 9.97 Å². The highest BCUT2D eigenvalue weighted by atomic mass is 16.6. The molecular weight excluding hydrogens is 448 g/mol. The van der Waals surface area contributed by atoms with Crippen LogP contribution in [0.1, 0.15) is 45.5 Å². The van der Waals surface area contributed by atoms with Gasteiger partial charge in [0.15, 0.2) is 0 Å². The lowest BCUT2D eigenvalue weighted by atomic mass is 10.1. The SMILES string of the molecule is CC(C)(C)OC(=O)N1CCC[C@H]1c1ncc(-c2ccc3oc(-c4ccc([N+](=O)[O-])cc4)cc3c2)[nH]1. The van der Waals surface area contributed by atoms with Crippen molar-refractivity contribution in [3.63, 3.8) is 0 Å². The number of nitro benzene ring substituents is 1. The molecular formula is C26H26N4O5. The minimum absolute atomic E-state index is 0.0368. The van der Waals surface area contributed by atoms with E-state index >= 15 is 0 Å². The average molecular weight is 475 g/mol. The number of amides is 1. The van der Waals surface area contributed by atoms with Gasteiger partial charge in [0.05, 0.1) is 22.9 Å². The lowest BCUT2D eigenvalue weighted by Crippen LogP contribution is -2.36. The van der Waals surface area contributed by atoms with Gasteiger partial charge in [-0.25, -0.2) is 9.78 Å². The fourth-order valence-corrected chi connectivity index (χ4v) is 4.34. The molecule has 2 aromatic carbocycles. The van der Waals surface area contributed by atoms with Crippen LogP contribution in [0.25, 0.3) is 33.6 Å². The molecule has 0 spiro atoms. The molecule has 35 heavy (non-hydrogen) atoms. The van der Waals surface area contributed by atoms with Crippen LogP contribution < -0.4 is 0 Å². The molecule has 5 rings (SSSR count). The fourth-order valence-electron chi connectivity index (χ4n) is 4.34. The number of carbonyl (C=O) groups is 1. The topological polar surface area (TPSA) is 114 Å². The zero-order valence-electron chi connectivity index (χ0n) is 19.8. The highest BCUT2D eigenvalue weighted by molar-refractivity contribution is 5.86. The Hall–Kier alpha value is -4.14. The van der Waals surface area contributed by atoms with E-state index in [1.54, 1.807) is 23.2 Å². The zero-order chi connectivity index (χ0) is 24.7. The molecule has 0 unspecified atom stereocenters. The van der Waals surface area contributed by atoms with Gasteiger partial charge in [-0.1, -0.05) is 0 Å². The van der Waals surface area contributed by atoms with Gasteiger partial charge in [-0.05, 0) is 70.0 Å². The van der Waals surface area contributed by atoms with Crippen molar-refractivity contribution in [3.8, 4) is 22.6 Å². The molecule has 1 amide bonds. The summed E-state index contributed by atoms with van der Waals surface area (Å²) in [6, 6.07) is 13.9. The number of aromatic nitrogens is 2. The van der Waals surface area contributed by atoms with Crippen LogP contribution in [0, 0.1) is 10.1 Å². The summed E-state index contributed by atoms with van der Waals surface area (Å²) in [7, 11) is 0. The number of H-pyrrole nitrogens is 1. The molecule has 3 heterocycles. The minimum Gasteiger partial charge on any atom is -0.456 e. The summed E-state index contributed by atoms with van der Waals surface area (Å²) in [5.74, 6) is 1.37. The van der Waals surface area contributed by atoms with Gasteiger partial charge in [0, 0.05) is 35.2 Å². The molecule has 1 N–H and O–H groups in total. The van der Waals surface area contributed by atoms with Crippen molar-refractivity contribution < 1.29 is 18.9 Å². The molecule has 1 atom stereocenters. The van der Waals surface area contributed by atoms with E-state index in [4.69, 9.17) is 9.15 Å². The van der Waals surface area contributed by atoms with Crippen LogP contribution in [-0.4, -0.2) is 38.0 Å². The molecule has 9 heteroatoms. The van der Waals surface area contributed by atoms with Crippen LogP contribution >= 0.6 is 0 Å². The number of likely N-dealkylation sites (tertiary alicyclic amines) is 1. The second-order valence-electron chi connectivity index (χ2n) is 9.68. The third-order valence-corrected chi connectivity index (χ3v) is 5.98. The number of nitro groups is 1. The molecule has 1 aliphatic rings. The molecule has 180 valence electrons. The first-order valence-corrected chi connectivity index (χ1v) is 11.5. The molecule has 0 saturated carbocycles. The summed E-state index contributed by atoms with van der Waals surface area (Å²) < 4.78 is 11.5. The largest absolute Gasteiger partial charge is 0.456 e. The van der Waals surface area contributed by atoms with Crippen molar-refractivity contribution in [3.05, 3.63) is 70.7 Å². The first-order chi connectivity index (χ1) is 16.7. The summed E-state index contributed by atoms with van der Waals surface area (Å²) in [5, 5.41) is 11.8. The first kappa shape index (κ1) is 22.6. The van der Waals surface area contributed by atoms with Gasteiger partial charge < -0.3 is 14.1 Å². The summed E-state index contributed by atoms with van der Waals surface area (Å²) in [5.41, 5.74) is 2.75. The number of hydrogen-bond donors (Lipinski definition) is 1. The number of furan rings is 1. The van der Waals surface area contributed by atoms with Crippen molar-refractivity contribution in [2.24, 2.45) is 0 Å². The Kier molecular flexibility index (Phi) is 5.55. The van der Waals surface area contributed by atoms with Crippen LogP contribution in [0.4, 0.5) is 10.5 Å². The Balaban J connectivity index is 1.38. The molecule has 1 saturated heterocycles. The normalized spacial score (nSPS) is 16.1. The quantitative estimate of drug-likeness (QED) is 0.268. The second-order valence-corrected chi connectivity index (χ2v) is 9.68. The molecule has 0 aliphatic carbocycles. The van der Waals surface area contributed by atoms with Gasteiger partial charge in [-0.2, -0.15) is 0 Å². The Morgan fingerprint density at radius 3 is 2.63 bits per heavy atom. The minimum atomic E-state index is -0.550. The number of imidazole rings is 1. The van der Waals surface area contributed by atoms with E-state index in [1.165, 1.54) is 12.1 Å². The molecule has 2 aromatic heterocycles. The number of nitrogens with zero attached hydrogens (tertiary/aromatic N) is 3. The highest BCUT2D eigenvalue weighted by Gasteiger charge is 2.34. The fraction of sp³-hybridized carbons (Fsp3) is 0.308.